The highest BCUT2D eigenvalue weighted by Gasteiger charge is 2.30. The third kappa shape index (κ3) is 4.07. The molecule has 1 N–H and O–H groups in total. The highest BCUT2D eigenvalue weighted by molar-refractivity contribution is 5.93. The van der Waals surface area contributed by atoms with Gasteiger partial charge in [0.1, 0.15) is 6.07 Å². The summed E-state index contributed by atoms with van der Waals surface area (Å²) in [7, 11) is 0. The Balaban J connectivity index is 1.95. The van der Waals surface area contributed by atoms with Crippen LogP contribution in [0.4, 0.5) is 5.69 Å². The molecule has 1 aromatic carbocycles. The Bertz CT molecular complexity index is 515. The lowest BCUT2D eigenvalue weighted by Crippen LogP contribution is -2.37. The fourth-order valence-corrected chi connectivity index (χ4v) is 2.32. The molecule has 0 saturated heterocycles. The molecule has 0 atom stereocenters. The number of benzene rings is 1. The van der Waals surface area contributed by atoms with Gasteiger partial charge in [0.2, 0.25) is 5.91 Å². The van der Waals surface area contributed by atoms with E-state index in [1.807, 2.05) is 6.07 Å². The van der Waals surface area contributed by atoms with Gasteiger partial charge in [0.05, 0.1) is 17.8 Å². The second-order valence-corrected chi connectivity index (χ2v) is 5.76. The molecule has 0 unspecified atom stereocenters. The summed E-state index contributed by atoms with van der Waals surface area (Å²) >= 11 is 0. The summed E-state index contributed by atoms with van der Waals surface area (Å²) in [4.78, 5) is 14.4. The molecule has 106 valence electrons. The summed E-state index contributed by atoms with van der Waals surface area (Å²) in [6.45, 7) is 5.68. The van der Waals surface area contributed by atoms with Crippen LogP contribution in [0.5, 0.6) is 0 Å². The van der Waals surface area contributed by atoms with Crippen molar-refractivity contribution in [2.24, 2.45) is 5.92 Å². The fraction of sp³-hybridized carbons (Fsp3) is 0.500. The Morgan fingerprint density at radius 3 is 2.75 bits per heavy atom. The average molecular weight is 271 g/mol. The topological polar surface area (TPSA) is 56.1 Å². The monoisotopic (exact) mass is 271 g/mol. The number of nitrogens with one attached hydrogen (secondary N) is 1. The van der Waals surface area contributed by atoms with E-state index < -0.39 is 0 Å². The normalized spacial score (nSPS) is 14.3. The van der Waals surface area contributed by atoms with E-state index in [4.69, 9.17) is 5.26 Å². The van der Waals surface area contributed by atoms with E-state index >= 15 is 0 Å². The molecular weight excluding hydrogens is 250 g/mol. The van der Waals surface area contributed by atoms with Crippen LogP contribution in [0, 0.1) is 17.2 Å². The molecule has 20 heavy (non-hydrogen) atoms. The van der Waals surface area contributed by atoms with Crippen molar-refractivity contribution in [2.45, 2.75) is 32.7 Å². The van der Waals surface area contributed by atoms with Crippen molar-refractivity contribution in [3.63, 3.8) is 0 Å². The number of amides is 1. The number of hydrogen-bond acceptors (Lipinski definition) is 3. The van der Waals surface area contributed by atoms with Crippen molar-refractivity contribution in [1.82, 2.24) is 4.90 Å². The number of carbonyl (C=O) groups is 1. The maximum atomic E-state index is 12.1. The maximum absolute atomic E-state index is 12.1. The van der Waals surface area contributed by atoms with Crippen LogP contribution in [0.3, 0.4) is 0 Å². The Hall–Kier alpha value is -1.86. The highest BCUT2D eigenvalue weighted by Crippen LogP contribution is 2.27. The van der Waals surface area contributed by atoms with Crippen LogP contribution in [0.1, 0.15) is 32.3 Å². The number of nitrogens with zero attached hydrogens (tertiary/aromatic N) is 2. The predicted molar refractivity (Wildman–Crippen MR) is 79.2 cm³/mol. The fourth-order valence-electron chi connectivity index (χ4n) is 2.32. The molecular formula is C16H21N3O. The minimum absolute atomic E-state index is 0.0414. The second kappa shape index (κ2) is 6.53. The zero-order valence-electron chi connectivity index (χ0n) is 12.1. The van der Waals surface area contributed by atoms with Crippen molar-refractivity contribution in [2.75, 3.05) is 18.4 Å². The van der Waals surface area contributed by atoms with Gasteiger partial charge in [-0.15, -0.1) is 0 Å². The average Bonchev–Trinajstić information content (AvgIpc) is 3.22. The quantitative estimate of drug-likeness (QED) is 0.865. The molecule has 2 rings (SSSR count). The summed E-state index contributed by atoms with van der Waals surface area (Å²) in [5.41, 5.74) is 1.10. The van der Waals surface area contributed by atoms with Gasteiger partial charge in [-0.2, -0.15) is 5.26 Å². The van der Waals surface area contributed by atoms with E-state index in [0.717, 1.165) is 6.54 Å². The molecule has 1 aliphatic rings. The molecule has 0 aromatic heterocycles. The summed E-state index contributed by atoms with van der Waals surface area (Å²) in [5, 5.41) is 11.9. The zero-order chi connectivity index (χ0) is 14.5. The summed E-state index contributed by atoms with van der Waals surface area (Å²) in [6.07, 6.45) is 2.38. The van der Waals surface area contributed by atoms with Crippen LogP contribution in [0.2, 0.25) is 0 Å². The summed E-state index contributed by atoms with van der Waals surface area (Å²) < 4.78 is 0. The van der Waals surface area contributed by atoms with Crippen molar-refractivity contribution in [1.29, 1.82) is 5.26 Å². The number of carbonyl (C=O) groups excluding carboxylic acids is 1. The Morgan fingerprint density at radius 2 is 2.15 bits per heavy atom. The SMILES string of the molecule is CC(C)CN(CC(=O)Nc1ccccc1C#N)C1CC1. The molecule has 1 saturated carbocycles. The van der Waals surface area contributed by atoms with E-state index in [0.29, 0.717) is 29.8 Å². The summed E-state index contributed by atoms with van der Waals surface area (Å²) in [5.74, 6) is 0.509. The largest absolute Gasteiger partial charge is 0.324 e. The van der Waals surface area contributed by atoms with Crippen LogP contribution in [0.15, 0.2) is 24.3 Å². The first-order valence-corrected chi connectivity index (χ1v) is 7.13. The first-order chi connectivity index (χ1) is 9.60. The van der Waals surface area contributed by atoms with Gasteiger partial charge in [0.15, 0.2) is 0 Å². The van der Waals surface area contributed by atoms with E-state index in [1.54, 1.807) is 18.2 Å². The van der Waals surface area contributed by atoms with E-state index in [9.17, 15) is 4.79 Å². The standard InChI is InChI=1S/C16H21N3O/c1-12(2)10-19(14-7-8-14)11-16(20)18-15-6-4-3-5-13(15)9-17/h3-6,12,14H,7-8,10-11H2,1-2H3,(H,18,20). The zero-order valence-corrected chi connectivity index (χ0v) is 12.1. The Kier molecular flexibility index (Phi) is 4.75. The number of rotatable bonds is 6. The van der Waals surface area contributed by atoms with Crippen molar-refractivity contribution in [3.8, 4) is 6.07 Å². The number of nitriles is 1. The lowest BCUT2D eigenvalue weighted by atomic mass is 10.2. The lowest BCUT2D eigenvalue weighted by Gasteiger charge is -2.23. The smallest absolute Gasteiger partial charge is 0.238 e. The van der Waals surface area contributed by atoms with Gasteiger partial charge in [-0.1, -0.05) is 26.0 Å². The van der Waals surface area contributed by atoms with Gasteiger partial charge < -0.3 is 5.32 Å². The Morgan fingerprint density at radius 1 is 1.45 bits per heavy atom. The third-order valence-corrected chi connectivity index (χ3v) is 3.33. The van der Waals surface area contributed by atoms with E-state index in [2.05, 4.69) is 30.1 Å². The van der Waals surface area contributed by atoms with Crippen LogP contribution in [-0.2, 0) is 4.79 Å². The minimum Gasteiger partial charge on any atom is -0.324 e. The van der Waals surface area contributed by atoms with Gasteiger partial charge >= 0.3 is 0 Å². The molecule has 4 heteroatoms. The van der Waals surface area contributed by atoms with Crippen LogP contribution >= 0.6 is 0 Å². The van der Waals surface area contributed by atoms with E-state index in [1.165, 1.54) is 12.8 Å². The van der Waals surface area contributed by atoms with Gasteiger partial charge in [0.25, 0.3) is 0 Å². The number of para-hydroxylation sites is 1. The molecule has 0 bridgehead atoms. The molecule has 0 radical (unpaired) electrons. The highest BCUT2D eigenvalue weighted by atomic mass is 16.2. The summed E-state index contributed by atoms with van der Waals surface area (Å²) in [6, 6.07) is 9.75. The molecule has 0 aliphatic heterocycles. The lowest BCUT2D eigenvalue weighted by molar-refractivity contribution is -0.117. The van der Waals surface area contributed by atoms with Gasteiger partial charge in [-0.25, -0.2) is 0 Å². The molecule has 1 amide bonds. The van der Waals surface area contributed by atoms with E-state index in [-0.39, 0.29) is 5.91 Å². The minimum atomic E-state index is -0.0414. The predicted octanol–water partition coefficient (Wildman–Crippen LogP) is 2.62. The molecule has 1 aliphatic carbocycles. The maximum Gasteiger partial charge on any atom is 0.238 e. The van der Waals surface area contributed by atoms with Crippen molar-refractivity contribution >= 4 is 11.6 Å². The van der Waals surface area contributed by atoms with Gasteiger partial charge in [-0.05, 0) is 30.9 Å². The molecule has 0 heterocycles. The molecule has 0 spiro atoms. The first kappa shape index (κ1) is 14.5. The van der Waals surface area contributed by atoms with Crippen LogP contribution in [-0.4, -0.2) is 29.9 Å². The van der Waals surface area contributed by atoms with Crippen molar-refractivity contribution < 1.29 is 4.79 Å². The first-order valence-electron chi connectivity index (χ1n) is 7.13. The van der Waals surface area contributed by atoms with Gasteiger partial charge in [0, 0.05) is 12.6 Å². The molecule has 1 aromatic rings. The Labute approximate surface area is 120 Å². The van der Waals surface area contributed by atoms with Gasteiger partial charge in [-0.3, -0.25) is 9.69 Å². The third-order valence-electron chi connectivity index (χ3n) is 3.33. The molecule has 4 nitrogen and oxygen atoms in total. The van der Waals surface area contributed by atoms with Crippen LogP contribution < -0.4 is 5.32 Å². The van der Waals surface area contributed by atoms with Crippen LogP contribution in [0.25, 0.3) is 0 Å². The number of hydrogen-bond donors (Lipinski definition) is 1. The molecule has 1 fully saturated rings. The van der Waals surface area contributed by atoms with Crippen molar-refractivity contribution in [3.05, 3.63) is 29.8 Å². The number of anilines is 1. The second-order valence-electron chi connectivity index (χ2n) is 5.76.